The summed E-state index contributed by atoms with van der Waals surface area (Å²) < 4.78 is 10.5. The molecular formula is C21H21N3O4S. The number of nitrogens with one attached hydrogen (secondary N) is 2. The van der Waals surface area contributed by atoms with Crippen molar-refractivity contribution in [2.24, 2.45) is 5.92 Å². The molecule has 8 heteroatoms. The third kappa shape index (κ3) is 4.87. The summed E-state index contributed by atoms with van der Waals surface area (Å²) in [4.78, 5) is 25.0. The third-order valence-corrected chi connectivity index (χ3v) is 6.18. The second-order valence-electron chi connectivity index (χ2n) is 7.28. The zero-order chi connectivity index (χ0) is 20.2. The Hall–Kier alpha value is -3.05. The summed E-state index contributed by atoms with van der Waals surface area (Å²) in [6, 6.07) is 6.01. The Morgan fingerprint density at radius 3 is 2.97 bits per heavy atom. The Morgan fingerprint density at radius 2 is 2.24 bits per heavy atom. The first-order chi connectivity index (χ1) is 14.1. The van der Waals surface area contributed by atoms with Crippen LogP contribution < -0.4 is 10.6 Å². The molecule has 2 N–H and O–H groups in total. The highest BCUT2D eigenvalue weighted by Crippen LogP contribution is 2.39. The van der Waals surface area contributed by atoms with Crippen LogP contribution in [0.2, 0.25) is 0 Å². The molecule has 0 spiro atoms. The summed E-state index contributed by atoms with van der Waals surface area (Å²) in [7, 11) is 0. The molecule has 1 saturated carbocycles. The van der Waals surface area contributed by atoms with Gasteiger partial charge in [-0.1, -0.05) is 0 Å². The average Bonchev–Trinajstić information content (AvgIpc) is 3.24. The molecule has 7 nitrogen and oxygen atoms in total. The number of alkyl carbamates (subject to hydrolysis) is 1. The van der Waals surface area contributed by atoms with E-state index in [4.69, 9.17) is 9.15 Å². The summed E-state index contributed by atoms with van der Waals surface area (Å²) in [5.74, 6) is 0.493. The Kier molecular flexibility index (Phi) is 5.67. The van der Waals surface area contributed by atoms with Crippen molar-refractivity contribution in [1.82, 2.24) is 5.32 Å². The van der Waals surface area contributed by atoms with Crippen LogP contribution in [0.4, 0.5) is 9.80 Å². The highest BCUT2D eigenvalue weighted by molar-refractivity contribution is 7.16. The number of furan rings is 1. The van der Waals surface area contributed by atoms with Gasteiger partial charge in [-0.3, -0.25) is 4.79 Å². The number of nitrogens with zero attached hydrogens (tertiary/aromatic N) is 1. The fourth-order valence-electron chi connectivity index (χ4n) is 3.33. The predicted octanol–water partition coefficient (Wildman–Crippen LogP) is 3.86. The number of carbonyl (C=O) groups is 2. The molecule has 1 fully saturated rings. The fourth-order valence-corrected chi connectivity index (χ4v) is 4.65. The van der Waals surface area contributed by atoms with Crippen molar-refractivity contribution in [2.45, 2.75) is 38.1 Å². The molecule has 0 radical (unpaired) electrons. The van der Waals surface area contributed by atoms with Gasteiger partial charge in [-0.25, -0.2) is 4.79 Å². The van der Waals surface area contributed by atoms with Crippen LogP contribution in [-0.2, 0) is 22.4 Å². The van der Waals surface area contributed by atoms with Crippen LogP contribution in [0.1, 0.15) is 41.0 Å². The lowest BCUT2D eigenvalue weighted by Gasteiger charge is -2.21. The van der Waals surface area contributed by atoms with Crippen LogP contribution in [-0.4, -0.2) is 24.6 Å². The zero-order valence-corrected chi connectivity index (χ0v) is 16.6. The van der Waals surface area contributed by atoms with Crippen LogP contribution in [0.3, 0.4) is 0 Å². The van der Waals surface area contributed by atoms with Gasteiger partial charge in [0.05, 0.1) is 18.4 Å². The highest BCUT2D eigenvalue weighted by atomic mass is 32.1. The van der Waals surface area contributed by atoms with Crippen LogP contribution >= 0.6 is 11.3 Å². The smallest absolute Gasteiger partial charge is 0.407 e. The van der Waals surface area contributed by atoms with Crippen molar-refractivity contribution in [2.75, 3.05) is 11.9 Å². The van der Waals surface area contributed by atoms with Gasteiger partial charge in [0.2, 0.25) is 5.91 Å². The molecule has 1 atom stereocenters. The molecule has 4 rings (SSSR count). The number of rotatable bonds is 6. The molecule has 150 valence electrons. The maximum Gasteiger partial charge on any atom is 0.407 e. The van der Waals surface area contributed by atoms with Crippen molar-refractivity contribution in [1.29, 1.82) is 5.26 Å². The van der Waals surface area contributed by atoms with Crippen LogP contribution in [0, 0.1) is 17.2 Å². The number of nitriles is 1. The number of anilines is 1. The minimum atomic E-state index is -0.349. The number of ether oxygens (including phenoxy) is 1. The molecule has 2 aromatic heterocycles. The van der Waals surface area contributed by atoms with E-state index in [9.17, 15) is 14.9 Å². The van der Waals surface area contributed by atoms with E-state index >= 15 is 0 Å². The Bertz CT molecular complexity index is 967. The summed E-state index contributed by atoms with van der Waals surface area (Å²) >= 11 is 1.43. The second-order valence-corrected chi connectivity index (χ2v) is 8.39. The monoisotopic (exact) mass is 411 g/mol. The predicted molar refractivity (Wildman–Crippen MR) is 108 cm³/mol. The second kappa shape index (κ2) is 8.53. The standard InChI is InChI=1S/C21H21N3O4S/c22-11-17-16-7-3-13(12-28-21(26)23-14-4-5-14)10-18(16)29-20(17)24-19(25)8-6-15-2-1-9-27-15/h1-2,6,8-9,13-14H,3-5,7,10,12H2,(H,23,26)(H,24,25)/b8-6+. The highest BCUT2D eigenvalue weighted by Gasteiger charge is 2.28. The lowest BCUT2D eigenvalue weighted by molar-refractivity contribution is -0.111. The van der Waals surface area contributed by atoms with Gasteiger partial charge in [-0.05, 0) is 61.8 Å². The van der Waals surface area contributed by atoms with Gasteiger partial charge in [-0.2, -0.15) is 5.26 Å². The first kappa shape index (κ1) is 19.3. The van der Waals surface area contributed by atoms with Crippen LogP contribution in [0.25, 0.3) is 6.08 Å². The quantitative estimate of drug-likeness (QED) is 0.703. The summed E-state index contributed by atoms with van der Waals surface area (Å²) in [6.07, 6.45) is 8.53. The number of fused-ring (bicyclic) bond motifs is 1. The molecule has 0 aromatic carbocycles. The molecule has 2 aliphatic carbocycles. The van der Waals surface area contributed by atoms with Crippen molar-refractivity contribution in [3.05, 3.63) is 46.2 Å². The molecule has 2 heterocycles. The number of hydrogen-bond acceptors (Lipinski definition) is 6. The van der Waals surface area contributed by atoms with Crippen molar-refractivity contribution >= 4 is 34.4 Å². The maximum atomic E-state index is 12.2. The molecule has 0 saturated heterocycles. The molecular weight excluding hydrogens is 390 g/mol. The van der Waals surface area contributed by atoms with Crippen molar-refractivity contribution < 1.29 is 18.7 Å². The summed E-state index contributed by atoms with van der Waals surface area (Å²) in [5.41, 5.74) is 1.54. The molecule has 2 aliphatic rings. The minimum Gasteiger partial charge on any atom is -0.465 e. The molecule has 0 bridgehead atoms. The Morgan fingerprint density at radius 1 is 1.38 bits per heavy atom. The Balaban J connectivity index is 1.37. The van der Waals surface area contributed by atoms with Gasteiger partial charge in [0, 0.05) is 17.0 Å². The minimum absolute atomic E-state index is 0.222. The van der Waals surface area contributed by atoms with Crippen LogP contribution in [0.5, 0.6) is 0 Å². The number of hydrogen-bond donors (Lipinski definition) is 2. The first-order valence-corrected chi connectivity index (χ1v) is 10.4. The van der Waals surface area contributed by atoms with E-state index in [0.717, 1.165) is 42.5 Å². The number of carbonyl (C=O) groups excluding carboxylic acids is 2. The van der Waals surface area contributed by atoms with Crippen molar-refractivity contribution in [3.63, 3.8) is 0 Å². The van der Waals surface area contributed by atoms with E-state index in [0.29, 0.717) is 22.9 Å². The van der Waals surface area contributed by atoms with E-state index in [-0.39, 0.29) is 24.0 Å². The third-order valence-electron chi connectivity index (χ3n) is 5.01. The molecule has 0 aliphatic heterocycles. The summed E-state index contributed by atoms with van der Waals surface area (Å²) in [6.45, 7) is 0.366. The molecule has 2 aromatic rings. The van der Waals surface area contributed by atoms with E-state index in [1.807, 2.05) is 0 Å². The Labute approximate surface area is 172 Å². The van der Waals surface area contributed by atoms with Gasteiger partial charge in [0.25, 0.3) is 0 Å². The lowest BCUT2D eigenvalue weighted by Crippen LogP contribution is -2.29. The number of amides is 2. The van der Waals surface area contributed by atoms with E-state index in [1.54, 1.807) is 18.2 Å². The first-order valence-electron chi connectivity index (χ1n) is 9.63. The van der Waals surface area contributed by atoms with Gasteiger partial charge in [-0.15, -0.1) is 11.3 Å². The molecule has 29 heavy (non-hydrogen) atoms. The molecule has 2 amide bonds. The van der Waals surface area contributed by atoms with Crippen molar-refractivity contribution in [3.8, 4) is 6.07 Å². The number of thiophene rings is 1. The van der Waals surface area contributed by atoms with E-state index < -0.39 is 0 Å². The van der Waals surface area contributed by atoms with Gasteiger partial charge in [0.15, 0.2) is 0 Å². The van der Waals surface area contributed by atoms with E-state index in [1.165, 1.54) is 23.7 Å². The zero-order valence-electron chi connectivity index (χ0n) is 15.8. The normalized spacial score (nSPS) is 18.1. The maximum absolute atomic E-state index is 12.2. The fraction of sp³-hybridized carbons (Fsp3) is 0.381. The lowest BCUT2D eigenvalue weighted by atomic mass is 9.88. The average molecular weight is 411 g/mol. The topological polar surface area (TPSA) is 104 Å². The summed E-state index contributed by atoms with van der Waals surface area (Å²) in [5, 5.41) is 15.8. The molecule has 1 unspecified atom stereocenters. The van der Waals surface area contributed by atoms with E-state index in [2.05, 4.69) is 16.7 Å². The largest absolute Gasteiger partial charge is 0.465 e. The SMILES string of the molecule is N#Cc1c(NC(=O)/C=C/c2ccco2)sc2c1CCC(COC(=O)NC1CC1)C2. The van der Waals surface area contributed by atoms with Gasteiger partial charge < -0.3 is 19.8 Å². The van der Waals surface area contributed by atoms with Crippen LogP contribution in [0.15, 0.2) is 28.9 Å². The van der Waals surface area contributed by atoms with Gasteiger partial charge in [0.1, 0.15) is 16.8 Å². The van der Waals surface area contributed by atoms with Gasteiger partial charge >= 0.3 is 6.09 Å².